The van der Waals surface area contributed by atoms with Crippen molar-refractivity contribution in [2.75, 3.05) is 13.1 Å². The van der Waals surface area contributed by atoms with Gasteiger partial charge in [0.05, 0.1) is 5.69 Å². The molecule has 2 heterocycles. The number of nitrogens with zero attached hydrogens (tertiary/aromatic N) is 3. The van der Waals surface area contributed by atoms with Crippen molar-refractivity contribution in [1.29, 1.82) is 0 Å². The van der Waals surface area contributed by atoms with Crippen LogP contribution in [-0.2, 0) is 22.4 Å². The Morgan fingerprint density at radius 3 is 2.55 bits per heavy atom. The van der Waals surface area contributed by atoms with Crippen LogP contribution in [0.1, 0.15) is 47.4 Å². The van der Waals surface area contributed by atoms with Crippen LogP contribution in [0.3, 0.4) is 0 Å². The van der Waals surface area contributed by atoms with E-state index in [9.17, 15) is 23.2 Å². The van der Waals surface area contributed by atoms with Crippen molar-refractivity contribution < 1.29 is 23.2 Å². The van der Waals surface area contributed by atoms with Gasteiger partial charge in [0.25, 0.3) is 5.91 Å². The lowest BCUT2D eigenvalue weighted by Crippen LogP contribution is -2.33. The molecule has 9 heteroatoms. The minimum absolute atomic E-state index is 0.176. The van der Waals surface area contributed by atoms with Gasteiger partial charge in [-0.05, 0) is 37.8 Å². The lowest BCUT2D eigenvalue weighted by atomic mass is 10.2. The molecule has 1 N–H and O–H groups in total. The first kappa shape index (κ1) is 19.2. The Balaban J connectivity index is 1.44. The van der Waals surface area contributed by atoms with E-state index in [1.165, 1.54) is 15.6 Å². The number of fused-ring (bicyclic) bond motifs is 1. The van der Waals surface area contributed by atoms with E-state index < -0.39 is 11.6 Å². The summed E-state index contributed by atoms with van der Waals surface area (Å²) in [5.74, 6) is -2.62. The van der Waals surface area contributed by atoms with Gasteiger partial charge in [0, 0.05) is 43.3 Å². The number of likely N-dealkylation sites (tertiary alicyclic amines) is 1. The Kier molecular flexibility index (Phi) is 5.12. The highest BCUT2D eigenvalue weighted by molar-refractivity contribution is 6.01. The quantitative estimate of drug-likeness (QED) is 0.591. The first-order valence-electron chi connectivity index (χ1n) is 9.63. The number of aromatic nitrogens is 2. The fraction of sp³-hybridized carbons (Fsp3) is 0.400. The second-order valence-corrected chi connectivity index (χ2v) is 7.19. The molecular formula is C20H20F2N4O3. The minimum atomic E-state index is -0.971. The molecule has 1 aliphatic carbocycles. The molecule has 0 saturated carbocycles. The zero-order valence-corrected chi connectivity index (χ0v) is 15.7. The zero-order chi connectivity index (χ0) is 20.5. The van der Waals surface area contributed by atoms with E-state index in [0.29, 0.717) is 31.5 Å². The van der Waals surface area contributed by atoms with Crippen LogP contribution in [0.15, 0.2) is 18.2 Å². The Morgan fingerprint density at radius 1 is 1.07 bits per heavy atom. The van der Waals surface area contributed by atoms with E-state index in [-0.39, 0.29) is 42.8 Å². The average Bonchev–Trinajstić information content (AvgIpc) is 3.38. The van der Waals surface area contributed by atoms with Crippen molar-refractivity contribution in [2.45, 2.75) is 38.5 Å². The van der Waals surface area contributed by atoms with E-state index in [1.54, 1.807) is 0 Å². The second kappa shape index (κ2) is 7.73. The fourth-order valence-electron chi connectivity index (χ4n) is 3.85. The lowest BCUT2D eigenvalue weighted by molar-refractivity contribution is -0.138. The number of carbonyl (C=O) groups is 3. The first-order valence-corrected chi connectivity index (χ1v) is 9.63. The number of halogens is 2. The maximum absolute atomic E-state index is 13.6. The molecule has 0 atom stereocenters. The topological polar surface area (TPSA) is 84.3 Å². The monoisotopic (exact) mass is 402 g/mol. The summed E-state index contributed by atoms with van der Waals surface area (Å²) in [6, 6.07) is 3.52. The SMILES string of the molecule is O=C(NCCCN1C(=O)CCC1=O)c1nn(-c2ccc(F)c(F)c2)c2c1CCC2. The van der Waals surface area contributed by atoms with Crippen LogP contribution >= 0.6 is 0 Å². The number of amides is 3. The van der Waals surface area contributed by atoms with Gasteiger partial charge in [-0.1, -0.05) is 0 Å². The third-order valence-electron chi connectivity index (χ3n) is 5.29. The fourth-order valence-corrected chi connectivity index (χ4v) is 3.85. The molecule has 2 aromatic rings. The molecule has 0 unspecified atom stereocenters. The van der Waals surface area contributed by atoms with Crippen molar-refractivity contribution >= 4 is 17.7 Å². The molecule has 1 fully saturated rings. The summed E-state index contributed by atoms with van der Waals surface area (Å²) in [7, 11) is 0. The number of hydrogen-bond donors (Lipinski definition) is 1. The van der Waals surface area contributed by atoms with Gasteiger partial charge in [0.1, 0.15) is 0 Å². The molecule has 7 nitrogen and oxygen atoms in total. The zero-order valence-electron chi connectivity index (χ0n) is 15.7. The number of rotatable bonds is 6. The van der Waals surface area contributed by atoms with E-state index in [2.05, 4.69) is 10.4 Å². The molecule has 29 heavy (non-hydrogen) atoms. The standard InChI is InChI=1S/C20H20F2N4O3/c21-14-6-5-12(11-15(14)22)26-16-4-1-3-13(16)19(24-26)20(29)23-9-2-10-25-17(27)7-8-18(25)28/h5-6,11H,1-4,7-10H2,(H,23,29). The van der Waals surface area contributed by atoms with Gasteiger partial charge in [-0.15, -0.1) is 0 Å². The Hall–Kier alpha value is -3.10. The lowest BCUT2D eigenvalue weighted by Gasteiger charge is -2.13. The molecule has 1 aromatic heterocycles. The van der Waals surface area contributed by atoms with Crippen LogP contribution in [-0.4, -0.2) is 45.5 Å². The normalized spacial score (nSPS) is 15.9. The van der Waals surface area contributed by atoms with Crippen molar-refractivity contribution in [2.24, 2.45) is 0 Å². The third-order valence-corrected chi connectivity index (χ3v) is 5.29. The van der Waals surface area contributed by atoms with Gasteiger partial charge in [-0.2, -0.15) is 5.10 Å². The summed E-state index contributed by atoms with van der Waals surface area (Å²) in [6.45, 7) is 0.571. The first-order chi connectivity index (χ1) is 14.0. The highest BCUT2D eigenvalue weighted by Crippen LogP contribution is 2.28. The van der Waals surface area contributed by atoms with Crippen molar-refractivity contribution in [3.05, 3.63) is 46.8 Å². The Morgan fingerprint density at radius 2 is 1.83 bits per heavy atom. The molecule has 4 rings (SSSR count). The number of hydrogen-bond acceptors (Lipinski definition) is 4. The molecule has 0 spiro atoms. The molecule has 3 amide bonds. The van der Waals surface area contributed by atoms with Gasteiger partial charge in [0.15, 0.2) is 17.3 Å². The molecule has 1 aliphatic heterocycles. The number of imide groups is 1. The van der Waals surface area contributed by atoms with Crippen LogP contribution in [0.5, 0.6) is 0 Å². The molecule has 1 aromatic carbocycles. The van der Waals surface area contributed by atoms with Crippen LogP contribution in [0.2, 0.25) is 0 Å². The van der Waals surface area contributed by atoms with Gasteiger partial charge < -0.3 is 5.32 Å². The summed E-state index contributed by atoms with van der Waals surface area (Å²) in [5.41, 5.74) is 2.29. The summed E-state index contributed by atoms with van der Waals surface area (Å²) in [4.78, 5) is 37.0. The summed E-state index contributed by atoms with van der Waals surface area (Å²) in [6.07, 6.45) is 3.20. The van der Waals surface area contributed by atoms with Gasteiger partial charge >= 0.3 is 0 Å². The molecule has 152 valence electrons. The maximum atomic E-state index is 13.6. The molecule has 0 radical (unpaired) electrons. The van der Waals surface area contributed by atoms with Crippen LogP contribution < -0.4 is 5.32 Å². The second-order valence-electron chi connectivity index (χ2n) is 7.19. The molecular weight excluding hydrogens is 382 g/mol. The Bertz CT molecular complexity index is 986. The number of carbonyl (C=O) groups excluding carboxylic acids is 3. The molecule has 0 bridgehead atoms. The summed E-state index contributed by atoms with van der Waals surface area (Å²) >= 11 is 0. The van der Waals surface area contributed by atoms with Gasteiger partial charge in [-0.25, -0.2) is 13.5 Å². The van der Waals surface area contributed by atoms with Crippen LogP contribution in [0.25, 0.3) is 5.69 Å². The number of benzene rings is 1. The highest BCUT2D eigenvalue weighted by Gasteiger charge is 2.29. The maximum Gasteiger partial charge on any atom is 0.272 e. The minimum Gasteiger partial charge on any atom is -0.351 e. The third kappa shape index (κ3) is 3.64. The smallest absolute Gasteiger partial charge is 0.272 e. The molecule has 2 aliphatic rings. The van der Waals surface area contributed by atoms with E-state index >= 15 is 0 Å². The Labute approximate surface area is 165 Å². The largest absolute Gasteiger partial charge is 0.351 e. The van der Waals surface area contributed by atoms with E-state index in [4.69, 9.17) is 0 Å². The predicted octanol–water partition coefficient (Wildman–Crippen LogP) is 1.91. The summed E-state index contributed by atoms with van der Waals surface area (Å²) < 4.78 is 28.4. The highest BCUT2D eigenvalue weighted by atomic mass is 19.2. The van der Waals surface area contributed by atoms with Crippen LogP contribution in [0.4, 0.5) is 8.78 Å². The predicted molar refractivity (Wildman–Crippen MR) is 98.4 cm³/mol. The van der Waals surface area contributed by atoms with E-state index in [1.807, 2.05) is 0 Å². The van der Waals surface area contributed by atoms with Gasteiger partial charge in [0.2, 0.25) is 11.8 Å². The molecule has 1 saturated heterocycles. The van der Waals surface area contributed by atoms with Crippen LogP contribution in [0, 0.1) is 11.6 Å². The average molecular weight is 402 g/mol. The van der Waals surface area contributed by atoms with Crippen molar-refractivity contribution in [3.63, 3.8) is 0 Å². The number of nitrogens with one attached hydrogen (secondary N) is 1. The van der Waals surface area contributed by atoms with Crippen molar-refractivity contribution in [3.8, 4) is 5.69 Å². The van der Waals surface area contributed by atoms with E-state index in [0.717, 1.165) is 29.8 Å². The van der Waals surface area contributed by atoms with Crippen molar-refractivity contribution in [1.82, 2.24) is 20.0 Å². The summed E-state index contributed by atoms with van der Waals surface area (Å²) in [5, 5.41) is 7.12. The van der Waals surface area contributed by atoms with Gasteiger partial charge in [-0.3, -0.25) is 19.3 Å².